The SMILES string of the molecule is CC1CCN(C(=O)c2ccc(COc3ccccc3)cc2)C(CN)C1. The molecule has 2 N–H and O–H groups in total. The molecule has 0 radical (unpaired) electrons. The molecule has 1 saturated heterocycles. The summed E-state index contributed by atoms with van der Waals surface area (Å²) in [5.41, 5.74) is 7.64. The number of hydrogen-bond acceptors (Lipinski definition) is 3. The molecule has 2 atom stereocenters. The zero-order valence-electron chi connectivity index (χ0n) is 14.7. The highest BCUT2D eigenvalue weighted by atomic mass is 16.5. The molecule has 1 fully saturated rings. The van der Waals surface area contributed by atoms with Crippen LogP contribution >= 0.6 is 0 Å². The first kappa shape index (κ1) is 17.5. The molecule has 1 aliphatic heterocycles. The number of benzene rings is 2. The van der Waals surface area contributed by atoms with Crippen LogP contribution in [0, 0.1) is 5.92 Å². The first-order valence-corrected chi connectivity index (χ1v) is 8.95. The maximum Gasteiger partial charge on any atom is 0.254 e. The fourth-order valence-corrected chi connectivity index (χ4v) is 3.34. The number of para-hydroxylation sites is 1. The van der Waals surface area contributed by atoms with Gasteiger partial charge in [-0.25, -0.2) is 0 Å². The maximum absolute atomic E-state index is 12.8. The van der Waals surface area contributed by atoms with Gasteiger partial charge in [0, 0.05) is 24.7 Å². The van der Waals surface area contributed by atoms with E-state index >= 15 is 0 Å². The Morgan fingerprint density at radius 1 is 1.16 bits per heavy atom. The lowest BCUT2D eigenvalue weighted by Gasteiger charge is -2.38. The molecule has 3 rings (SSSR count). The van der Waals surface area contributed by atoms with Crippen molar-refractivity contribution < 1.29 is 9.53 Å². The van der Waals surface area contributed by atoms with Crippen molar-refractivity contribution in [1.29, 1.82) is 0 Å². The molecule has 132 valence electrons. The normalized spacial score (nSPS) is 20.3. The predicted octanol–water partition coefficient (Wildman–Crippen LogP) is 3.47. The monoisotopic (exact) mass is 338 g/mol. The van der Waals surface area contributed by atoms with Crippen LogP contribution in [0.15, 0.2) is 54.6 Å². The zero-order valence-corrected chi connectivity index (χ0v) is 14.7. The van der Waals surface area contributed by atoms with Crippen LogP contribution in [0.1, 0.15) is 35.7 Å². The number of amides is 1. The van der Waals surface area contributed by atoms with Crippen molar-refractivity contribution in [2.24, 2.45) is 11.7 Å². The summed E-state index contributed by atoms with van der Waals surface area (Å²) in [7, 11) is 0. The van der Waals surface area contributed by atoms with Crippen molar-refractivity contribution in [2.45, 2.75) is 32.4 Å². The summed E-state index contributed by atoms with van der Waals surface area (Å²) in [4.78, 5) is 14.7. The van der Waals surface area contributed by atoms with Gasteiger partial charge in [-0.1, -0.05) is 37.3 Å². The fourth-order valence-electron chi connectivity index (χ4n) is 3.34. The van der Waals surface area contributed by atoms with Gasteiger partial charge < -0.3 is 15.4 Å². The molecule has 0 bridgehead atoms. The molecule has 1 aliphatic rings. The number of ether oxygens (including phenoxy) is 1. The van der Waals surface area contributed by atoms with Gasteiger partial charge in [-0.3, -0.25) is 4.79 Å². The Kier molecular flexibility index (Phi) is 5.71. The van der Waals surface area contributed by atoms with Crippen LogP contribution in [0.3, 0.4) is 0 Å². The van der Waals surface area contributed by atoms with Crippen molar-refractivity contribution in [1.82, 2.24) is 4.90 Å². The summed E-state index contributed by atoms with van der Waals surface area (Å²) in [6.07, 6.45) is 2.04. The zero-order chi connectivity index (χ0) is 17.6. The standard InChI is InChI=1S/C21H26N2O2/c1-16-11-12-23(19(13-16)14-22)21(24)18-9-7-17(8-10-18)15-25-20-5-3-2-4-6-20/h2-10,16,19H,11-15,22H2,1H3. The molecule has 4 nitrogen and oxygen atoms in total. The summed E-state index contributed by atoms with van der Waals surface area (Å²) in [6, 6.07) is 17.6. The Balaban J connectivity index is 1.62. The molecule has 0 aliphatic carbocycles. The van der Waals surface area contributed by atoms with E-state index < -0.39 is 0 Å². The minimum atomic E-state index is 0.0814. The second-order valence-electron chi connectivity index (χ2n) is 6.82. The third kappa shape index (κ3) is 4.40. The van der Waals surface area contributed by atoms with E-state index in [1.165, 1.54) is 0 Å². The Bertz CT molecular complexity index is 685. The number of nitrogens with two attached hydrogens (primary N) is 1. The third-order valence-electron chi connectivity index (χ3n) is 4.86. The van der Waals surface area contributed by atoms with E-state index in [1.807, 2.05) is 59.5 Å². The van der Waals surface area contributed by atoms with Crippen molar-refractivity contribution in [3.8, 4) is 5.75 Å². The molecular weight excluding hydrogens is 312 g/mol. The smallest absolute Gasteiger partial charge is 0.254 e. The second-order valence-corrected chi connectivity index (χ2v) is 6.82. The summed E-state index contributed by atoms with van der Waals surface area (Å²) in [5.74, 6) is 1.56. The van der Waals surface area contributed by atoms with Crippen molar-refractivity contribution in [3.05, 3.63) is 65.7 Å². The van der Waals surface area contributed by atoms with Crippen LogP contribution in [-0.2, 0) is 6.61 Å². The summed E-state index contributed by atoms with van der Waals surface area (Å²) < 4.78 is 5.74. The van der Waals surface area contributed by atoms with Crippen LogP contribution in [0.4, 0.5) is 0 Å². The van der Waals surface area contributed by atoms with Crippen molar-refractivity contribution in [3.63, 3.8) is 0 Å². The number of piperidine rings is 1. The summed E-state index contributed by atoms with van der Waals surface area (Å²) >= 11 is 0. The van der Waals surface area contributed by atoms with Crippen LogP contribution in [-0.4, -0.2) is 29.9 Å². The van der Waals surface area contributed by atoms with Gasteiger partial charge in [0.1, 0.15) is 12.4 Å². The van der Waals surface area contributed by atoms with E-state index in [1.54, 1.807) is 0 Å². The molecule has 2 aromatic carbocycles. The van der Waals surface area contributed by atoms with Gasteiger partial charge in [0.05, 0.1) is 0 Å². The Morgan fingerprint density at radius 3 is 2.56 bits per heavy atom. The largest absolute Gasteiger partial charge is 0.489 e. The Labute approximate surface area is 149 Å². The van der Waals surface area contributed by atoms with E-state index in [9.17, 15) is 4.79 Å². The number of nitrogens with zero attached hydrogens (tertiary/aromatic N) is 1. The highest BCUT2D eigenvalue weighted by Gasteiger charge is 2.29. The molecule has 1 heterocycles. The summed E-state index contributed by atoms with van der Waals surface area (Å²) in [5, 5.41) is 0. The maximum atomic E-state index is 12.8. The quantitative estimate of drug-likeness (QED) is 0.908. The van der Waals surface area contributed by atoms with Crippen LogP contribution in [0.25, 0.3) is 0 Å². The highest BCUT2D eigenvalue weighted by Crippen LogP contribution is 2.24. The molecule has 1 amide bonds. The van der Waals surface area contributed by atoms with Gasteiger partial charge in [0.25, 0.3) is 5.91 Å². The molecule has 2 aromatic rings. The lowest BCUT2D eigenvalue weighted by molar-refractivity contribution is 0.0573. The van der Waals surface area contributed by atoms with Crippen molar-refractivity contribution >= 4 is 5.91 Å². The Hall–Kier alpha value is -2.33. The van der Waals surface area contributed by atoms with Crippen LogP contribution in [0.2, 0.25) is 0 Å². The number of carbonyl (C=O) groups excluding carboxylic acids is 1. The minimum Gasteiger partial charge on any atom is -0.489 e. The second kappa shape index (κ2) is 8.17. The first-order valence-electron chi connectivity index (χ1n) is 8.95. The molecule has 4 heteroatoms. The van der Waals surface area contributed by atoms with E-state index in [0.29, 0.717) is 19.1 Å². The molecule has 0 aromatic heterocycles. The minimum absolute atomic E-state index is 0.0814. The molecule has 2 unspecified atom stereocenters. The van der Waals surface area contributed by atoms with Gasteiger partial charge in [-0.2, -0.15) is 0 Å². The first-order chi connectivity index (χ1) is 12.2. The number of carbonyl (C=O) groups is 1. The van der Waals surface area contributed by atoms with Crippen LogP contribution in [0.5, 0.6) is 5.75 Å². The third-order valence-corrected chi connectivity index (χ3v) is 4.86. The average Bonchev–Trinajstić information content (AvgIpc) is 2.67. The predicted molar refractivity (Wildman–Crippen MR) is 99.5 cm³/mol. The Morgan fingerprint density at radius 2 is 1.88 bits per heavy atom. The van der Waals surface area contributed by atoms with Gasteiger partial charge >= 0.3 is 0 Å². The molecule has 0 spiro atoms. The van der Waals surface area contributed by atoms with Crippen molar-refractivity contribution in [2.75, 3.05) is 13.1 Å². The van der Waals surface area contributed by atoms with E-state index in [0.717, 1.165) is 36.3 Å². The lowest BCUT2D eigenvalue weighted by atomic mass is 9.92. The van der Waals surface area contributed by atoms with Gasteiger partial charge in [-0.15, -0.1) is 0 Å². The average molecular weight is 338 g/mol. The topological polar surface area (TPSA) is 55.6 Å². The van der Waals surface area contributed by atoms with E-state index in [2.05, 4.69) is 6.92 Å². The molecular formula is C21H26N2O2. The lowest BCUT2D eigenvalue weighted by Crippen LogP contribution is -2.49. The highest BCUT2D eigenvalue weighted by molar-refractivity contribution is 5.94. The van der Waals surface area contributed by atoms with E-state index in [4.69, 9.17) is 10.5 Å². The molecule has 25 heavy (non-hydrogen) atoms. The van der Waals surface area contributed by atoms with Gasteiger partial charge in [0.15, 0.2) is 0 Å². The molecule has 0 saturated carbocycles. The van der Waals surface area contributed by atoms with Gasteiger partial charge in [-0.05, 0) is 48.6 Å². The number of rotatable bonds is 5. The van der Waals surface area contributed by atoms with Crippen LogP contribution < -0.4 is 10.5 Å². The fraction of sp³-hybridized carbons (Fsp3) is 0.381. The van der Waals surface area contributed by atoms with Gasteiger partial charge in [0.2, 0.25) is 0 Å². The van der Waals surface area contributed by atoms with E-state index in [-0.39, 0.29) is 11.9 Å². The summed E-state index contributed by atoms with van der Waals surface area (Å²) in [6.45, 7) is 4.04. The number of likely N-dealkylation sites (tertiary alicyclic amines) is 1. The number of hydrogen-bond donors (Lipinski definition) is 1.